The van der Waals surface area contributed by atoms with Gasteiger partial charge in [-0.3, -0.25) is 9.88 Å². The second-order valence-electron chi connectivity index (χ2n) is 7.26. The Kier molecular flexibility index (Phi) is 5.94. The molecule has 3 rings (SSSR count). The SMILES string of the molecule is CC(C)CN1CCC[C@@H]1CNc1cc(C(F)(F)F)nc(-c2ccncc2)n1. The number of nitrogens with one attached hydrogen (secondary N) is 1. The maximum absolute atomic E-state index is 13.3. The fourth-order valence-corrected chi connectivity index (χ4v) is 3.37. The molecule has 0 aromatic carbocycles. The second-order valence-corrected chi connectivity index (χ2v) is 7.26. The Hall–Kier alpha value is -2.22. The zero-order chi connectivity index (χ0) is 19.4. The van der Waals surface area contributed by atoms with Gasteiger partial charge in [0, 0.05) is 43.2 Å². The van der Waals surface area contributed by atoms with Crippen molar-refractivity contribution in [2.45, 2.75) is 38.9 Å². The molecule has 2 aromatic heterocycles. The molecule has 1 fully saturated rings. The van der Waals surface area contributed by atoms with Crippen molar-refractivity contribution in [3.63, 3.8) is 0 Å². The minimum atomic E-state index is -4.53. The first-order chi connectivity index (χ1) is 12.8. The van der Waals surface area contributed by atoms with Gasteiger partial charge >= 0.3 is 6.18 Å². The smallest absolute Gasteiger partial charge is 0.368 e. The van der Waals surface area contributed by atoms with Crippen molar-refractivity contribution < 1.29 is 13.2 Å². The number of rotatable bonds is 6. The number of likely N-dealkylation sites (tertiary alicyclic amines) is 1. The normalized spacial score (nSPS) is 18.2. The maximum Gasteiger partial charge on any atom is 0.433 e. The molecule has 0 aliphatic carbocycles. The summed E-state index contributed by atoms with van der Waals surface area (Å²) in [7, 11) is 0. The van der Waals surface area contributed by atoms with Crippen LogP contribution >= 0.6 is 0 Å². The molecule has 0 bridgehead atoms. The van der Waals surface area contributed by atoms with Gasteiger partial charge in [-0.15, -0.1) is 0 Å². The summed E-state index contributed by atoms with van der Waals surface area (Å²) in [6.45, 7) is 6.93. The van der Waals surface area contributed by atoms with Gasteiger partial charge in [-0.05, 0) is 37.4 Å². The van der Waals surface area contributed by atoms with Crippen LogP contribution in [0.3, 0.4) is 0 Å². The Bertz CT molecular complexity index is 749. The van der Waals surface area contributed by atoms with Gasteiger partial charge in [0.2, 0.25) is 0 Å². The number of hydrogen-bond acceptors (Lipinski definition) is 5. The van der Waals surface area contributed by atoms with Gasteiger partial charge in [0.05, 0.1) is 0 Å². The number of nitrogens with zero attached hydrogens (tertiary/aromatic N) is 4. The second kappa shape index (κ2) is 8.21. The molecule has 0 unspecified atom stereocenters. The summed E-state index contributed by atoms with van der Waals surface area (Å²) in [6, 6.07) is 4.48. The summed E-state index contributed by atoms with van der Waals surface area (Å²) < 4.78 is 39.8. The van der Waals surface area contributed by atoms with Gasteiger partial charge < -0.3 is 5.32 Å². The van der Waals surface area contributed by atoms with Crippen molar-refractivity contribution in [2.75, 3.05) is 25.0 Å². The van der Waals surface area contributed by atoms with E-state index in [2.05, 4.69) is 39.0 Å². The molecule has 0 saturated carbocycles. The highest BCUT2D eigenvalue weighted by Gasteiger charge is 2.34. The van der Waals surface area contributed by atoms with Gasteiger partial charge in [-0.1, -0.05) is 13.8 Å². The van der Waals surface area contributed by atoms with E-state index in [1.54, 1.807) is 12.1 Å². The van der Waals surface area contributed by atoms with Crippen molar-refractivity contribution in [3.05, 3.63) is 36.3 Å². The van der Waals surface area contributed by atoms with Crippen LogP contribution in [0.15, 0.2) is 30.6 Å². The third kappa shape index (κ3) is 5.15. The monoisotopic (exact) mass is 379 g/mol. The Morgan fingerprint density at radius 3 is 2.63 bits per heavy atom. The van der Waals surface area contributed by atoms with Crippen molar-refractivity contribution in [1.29, 1.82) is 0 Å². The summed E-state index contributed by atoms with van der Waals surface area (Å²) in [5.74, 6) is 0.792. The largest absolute Gasteiger partial charge is 0.433 e. The van der Waals surface area contributed by atoms with E-state index in [0.29, 0.717) is 24.1 Å². The van der Waals surface area contributed by atoms with Gasteiger partial charge in [-0.25, -0.2) is 9.97 Å². The molecule has 1 atom stereocenters. The molecule has 3 heterocycles. The third-order valence-electron chi connectivity index (χ3n) is 4.57. The van der Waals surface area contributed by atoms with Gasteiger partial charge in [0.15, 0.2) is 11.5 Å². The van der Waals surface area contributed by atoms with Gasteiger partial charge in [0.1, 0.15) is 5.82 Å². The van der Waals surface area contributed by atoms with Gasteiger partial charge in [0.25, 0.3) is 0 Å². The Morgan fingerprint density at radius 2 is 1.96 bits per heavy atom. The summed E-state index contributed by atoms with van der Waals surface area (Å²) in [6.07, 6.45) is 0.633. The van der Waals surface area contributed by atoms with Crippen LogP contribution in [0, 0.1) is 5.92 Å². The van der Waals surface area contributed by atoms with Gasteiger partial charge in [-0.2, -0.15) is 13.2 Å². The molecular formula is C19H24F3N5. The van der Waals surface area contributed by atoms with Crippen LogP contribution in [0.4, 0.5) is 19.0 Å². The predicted molar refractivity (Wildman–Crippen MR) is 98.2 cm³/mol. The Balaban J connectivity index is 1.80. The number of pyridine rings is 1. The lowest BCUT2D eigenvalue weighted by molar-refractivity contribution is -0.141. The van der Waals surface area contributed by atoms with E-state index in [9.17, 15) is 13.2 Å². The first-order valence-corrected chi connectivity index (χ1v) is 9.17. The zero-order valence-electron chi connectivity index (χ0n) is 15.5. The van der Waals surface area contributed by atoms with Crippen molar-refractivity contribution in [2.24, 2.45) is 5.92 Å². The average Bonchev–Trinajstić information content (AvgIpc) is 3.06. The van der Waals surface area contributed by atoms with Crippen LogP contribution < -0.4 is 5.32 Å². The summed E-state index contributed by atoms with van der Waals surface area (Å²) in [5.41, 5.74) is -0.446. The number of aromatic nitrogens is 3. The van der Waals surface area contributed by atoms with E-state index >= 15 is 0 Å². The first-order valence-electron chi connectivity index (χ1n) is 9.17. The van der Waals surface area contributed by atoms with Crippen molar-refractivity contribution in [3.8, 4) is 11.4 Å². The van der Waals surface area contributed by atoms with Crippen molar-refractivity contribution >= 4 is 5.82 Å². The lowest BCUT2D eigenvalue weighted by atomic mass is 10.1. The first kappa shape index (κ1) is 19.5. The number of anilines is 1. The van der Waals surface area contributed by atoms with Crippen LogP contribution in [0.5, 0.6) is 0 Å². The highest BCUT2D eigenvalue weighted by molar-refractivity contribution is 5.57. The lowest BCUT2D eigenvalue weighted by Gasteiger charge is -2.26. The molecule has 5 nitrogen and oxygen atoms in total. The fraction of sp³-hybridized carbons (Fsp3) is 0.526. The molecule has 8 heteroatoms. The Labute approximate surface area is 157 Å². The highest BCUT2D eigenvalue weighted by Crippen LogP contribution is 2.31. The molecule has 1 aliphatic rings. The quantitative estimate of drug-likeness (QED) is 0.819. The summed E-state index contributed by atoms with van der Waals surface area (Å²) in [4.78, 5) is 14.3. The Morgan fingerprint density at radius 1 is 1.22 bits per heavy atom. The molecule has 0 amide bonds. The van der Waals surface area contributed by atoms with E-state index < -0.39 is 11.9 Å². The lowest BCUT2D eigenvalue weighted by Crippen LogP contribution is -2.37. The van der Waals surface area contributed by atoms with E-state index in [4.69, 9.17) is 0 Å². The minimum Gasteiger partial charge on any atom is -0.368 e. The van der Waals surface area contributed by atoms with Crippen LogP contribution in [0.2, 0.25) is 0 Å². The number of halogens is 3. The van der Waals surface area contributed by atoms with Crippen LogP contribution in [0.25, 0.3) is 11.4 Å². The molecule has 1 N–H and O–H groups in total. The maximum atomic E-state index is 13.3. The summed E-state index contributed by atoms with van der Waals surface area (Å²) in [5, 5.41) is 3.10. The van der Waals surface area contributed by atoms with Crippen LogP contribution in [-0.4, -0.2) is 45.5 Å². The van der Waals surface area contributed by atoms with E-state index in [1.807, 2.05) is 0 Å². The molecule has 0 spiro atoms. The fourth-order valence-electron chi connectivity index (χ4n) is 3.37. The molecule has 27 heavy (non-hydrogen) atoms. The third-order valence-corrected chi connectivity index (χ3v) is 4.57. The zero-order valence-corrected chi connectivity index (χ0v) is 15.5. The van der Waals surface area contributed by atoms with Crippen LogP contribution in [0.1, 0.15) is 32.4 Å². The van der Waals surface area contributed by atoms with Crippen LogP contribution in [-0.2, 0) is 6.18 Å². The molecule has 146 valence electrons. The van der Waals surface area contributed by atoms with E-state index in [0.717, 1.165) is 32.0 Å². The average molecular weight is 379 g/mol. The van der Waals surface area contributed by atoms with Crippen molar-refractivity contribution in [1.82, 2.24) is 19.9 Å². The molecule has 2 aromatic rings. The molecular weight excluding hydrogens is 355 g/mol. The summed E-state index contributed by atoms with van der Waals surface area (Å²) >= 11 is 0. The predicted octanol–water partition coefficient (Wildman–Crippen LogP) is 4.09. The highest BCUT2D eigenvalue weighted by atomic mass is 19.4. The minimum absolute atomic E-state index is 0.0418. The standard InChI is InChI=1S/C19H24F3N5/c1-13(2)12-27-9-3-4-15(27)11-24-17-10-16(19(20,21)22)25-18(26-17)14-5-7-23-8-6-14/h5-8,10,13,15H,3-4,9,11-12H2,1-2H3,(H,24,25,26)/t15-/m1/s1. The topological polar surface area (TPSA) is 53.9 Å². The van der Waals surface area contributed by atoms with E-state index in [1.165, 1.54) is 12.4 Å². The molecule has 1 aliphatic heterocycles. The van der Waals surface area contributed by atoms with E-state index in [-0.39, 0.29) is 11.6 Å². The molecule has 1 saturated heterocycles. The molecule has 0 radical (unpaired) electrons. The number of hydrogen-bond donors (Lipinski definition) is 1. The number of alkyl halides is 3.